The minimum absolute atomic E-state index is 0.407. The minimum atomic E-state index is 0.407. The average molecular weight is 288 g/mol. The highest BCUT2D eigenvalue weighted by Crippen LogP contribution is 2.38. The zero-order valence-corrected chi connectivity index (χ0v) is 13.6. The van der Waals surface area contributed by atoms with Crippen LogP contribution in [0.1, 0.15) is 24.0 Å². The van der Waals surface area contributed by atoms with Crippen LogP contribution in [0.3, 0.4) is 0 Å². The normalized spacial score (nSPS) is 26.0. The Bertz CT molecular complexity index is 482. The third-order valence-electron chi connectivity index (χ3n) is 5.44. The number of hydrogen-bond acceptors (Lipinski definition) is 3. The summed E-state index contributed by atoms with van der Waals surface area (Å²) in [5.41, 5.74) is 3.29. The second-order valence-electron chi connectivity index (χ2n) is 7.03. The highest BCUT2D eigenvalue weighted by atomic mass is 16.5. The van der Waals surface area contributed by atoms with E-state index in [1.165, 1.54) is 43.6 Å². The zero-order chi connectivity index (χ0) is 14.9. The van der Waals surface area contributed by atoms with Gasteiger partial charge < -0.3 is 4.74 Å². The number of nitrogens with zero attached hydrogens (tertiary/aromatic N) is 2. The molecule has 0 N–H and O–H groups in total. The summed E-state index contributed by atoms with van der Waals surface area (Å²) in [5, 5.41) is 0. The molecule has 0 bridgehead atoms. The van der Waals surface area contributed by atoms with Gasteiger partial charge in [-0.15, -0.1) is 0 Å². The van der Waals surface area contributed by atoms with Crippen molar-refractivity contribution in [2.24, 2.45) is 5.92 Å². The number of benzene rings is 1. The lowest BCUT2D eigenvalue weighted by Gasteiger charge is -2.59. The molecule has 2 heterocycles. The first kappa shape index (κ1) is 15.0. The average Bonchev–Trinajstić information content (AvgIpc) is 2.43. The lowest BCUT2D eigenvalue weighted by atomic mass is 9.75. The maximum atomic E-state index is 5.38. The van der Waals surface area contributed by atoms with Gasteiger partial charge in [-0.05, 0) is 50.4 Å². The molecule has 2 aliphatic rings. The molecule has 3 nitrogen and oxygen atoms in total. The maximum Gasteiger partial charge on any atom is 0.0491 e. The predicted molar refractivity (Wildman–Crippen MR) is 86.4 cm³/mol. The van der Waals surface area contributed by atoms with E-state index >= 15 is 0 Å². The number of hydrogen-bond donors (Lipinski definition) is 0. The highest BCUT2D eigenvalue weighted by Gasteiger charge is 2.49. The fourth-order valence-electron chi connectivity index (χ4n) is 4.08. The van der Waals surface area contributed by atoms with E-state index in [1.807, 2.05) is 7.11 Å². The van der Waals surface area contributed by atoms with Crippen molar-refractivity contribution in [3.8, 4) is 0 Å². The summed E-state index contributed by atoms with van der Waals surface area (Å²) in [5.74, 6) is 0.742. The standard InChI is InChI=1S/C18H28N2O/c1-15-6-4-5-7-17(15)11-20-13-18(14-20)10-16(12-21-3)8-9-19(18)2/h4-7,16H,8-14H2,1-3H3. The van der Waals surface area contributed by atoms with Crippen molar-refractivity contribution in [3.05, 3.63) is 35.4 Å². The van der Waals surface area contributed by atoms with Crippen molar-refractivity contribution in [2.75, 3.05) is 40.4 Å². The van der Waals surface area contributed by atoms with E-state index in [0.29, 0.717) is 5.54 Å². The number of likely N-dealkylation sites (N-methyl/N-ethyl adjacent to an activating group) is 1. The third kappa shape index (κ3) is 3.01. The topological polar surface area (TPSA) is 15.7 Å². The monoisotopic (exact) mass is 288 g/mol. The second-order valence-corrected chi connectivity index (χ2v) is 7.03. The van der Waals surface area contributed by atoms with Crippen molar-refractivity contribution < 1.29 is 4.74 Å². The minimum Gasteiger partial charge on any atom is -0.384 e. The molecular weight excluding hydrogens is 260 g/mol. The Labute approximate surface area is 128 Å². The van der Waals surface area contributed by atoms with Gasteiger partial charge in [0.05, 0.1) is 0 Å². The number of aryl methyl sites for hydroxylation is 1. The third-order valence-corrected chi connectivity index (χ3v) is 5.44. The smallest absolute Gasteiger partial charge is 0.0491 e. The van der Waals surface area contributed by atoms with Crippen LogP contribution < -0.4 is 0 Å². The molecule has 0 aromatic heterocycles. The summed E-state index contributed by atoms with van der Waals surface area (Å²) in [6, 6.07) is 8.75. The lowest BCUT2D eigenvalue weighted by molar-refractivity contribution is -0.0905. The van der Waals surface area contributed by atoms with Gasteiger partial charge in [0.1, 0.15) is 0 Å². The van der Waals surface area contributed by atoms with Crippen LogP contribution in [-0.2, 0) is 11.3 Å². The first-order valence-electron chi connectivity index (χ1n) is 8.10. The van der Waals surface area contributed by atoms with Crippen LogP contribution in [0.4, 0.5) is 0 Å². The van der Waals surface area contributed by atoms with Gasteiger partial charge in [0.15, 0.2) is 0 Å². The van der Waals surface area contributed by atoms with Crippen LogP contribution in [0.25, 0.3) is 0 Å². The number of rotatable bonds is 4. The fourth-order valence-corrected chi connectivity index (χ4v) is 4.08. The molecule has 3 rings (SSSR count). The Morgan fingerprint density at radius 2 is 2.05 bits per heavy atom. The molecule has 0 saturated carbocycles. The molecule has 1 atom stereocenters. The van der Waals surface area contributed by atoms with E-state index in [-0.39, 0.29) is 0 Å². The van der Waals surface area contributed by atoms with E-state index in [4.69, 9.17) is 4.74 Å². The first-order chi connectivity index (χ1) is 10.1. The Morgan fingerprint density at radius 3 is 2.76 bits per heavy atom. The summed E-state index contributed by atoms with van der Waals surface area (Å²) in [7, 11) is 4.13. The quantitative estimate of drug-likeness (QED) is 0.847. The largest absolute Gasteiger partial charge is 0.384 e. The number of likely N-dealkylation sites (tertiary alicyclic amines) is 2. The second kappa shape index (κ2) is 6.07. The van der Waals surface area contributed by atoms with Crippen molar-refractivity contribution in [1.29, 1.82) is 0 Å². The SMILES string of the molecule is COCC1CCN(C)C2(C1)CN(Cc1ccccc1C)C2. The number of piperidine rings is 1. The van der Waals surface area contributed by atoms with Gasteiger partial charge in [-0.2, -0.15) is 0 Å². The van der Waals surface area contributed by atoms with Gasteiger partial charge in [-0.3, -0.25) is 9.80 Å². The molecule has 1 aromatic rings. The van der Waals surface area contributed by atoms with E-state index in [2.05, 4.69) is 48.0 Å². The molecule has 116 valence electrons. The van der Waals surface area contributed by atoms with Gasteiger partial charge >= 0.3 is 0 Å². The van der Waals surface area contributed by atoms with E-state index < -0.39 is 0 Å². The van der Waals surface area contributed by atoms with Crippen LogP contribution in [0.2, 0.25) is 0 Å². The van der Waals surface area contributed by atoms with Gasteiger partial charge in [0.2, 0.25) is 0 Å². The summed E-state index contributed by atoms with van der Waals surface area (Å²) < 4.78 is 5.38. The van der Waals surface area contributed by atoms with Crippen LogP contribution in [-0.4, -0.2) is 55.7 Å². The number of ether oxygens (including phenoxy) is 1. The van der Waals surface area contributed by atoms with Gasteiger partial charge in [-0.25, -0.2) is 0 Å². The van der Waals surface area contributed by atoms with Crippen LogP contribution >= 0.6 is 0 Å². The molecule has 0 radical (unpaired) electrons. The maximum absolute atomic E-state index is 5.38. The first-order valence-corrected chi connectivity index (χ1v) is 8.10. The molecule has 0 aliphatic carbocycles. The van der Waals surface area contributed by atoms with E-state index in [0.717, 1.165) is 19.1 Å². The van der Waals surface area contributed by atoms with Crippen molar-refractivity contribution in [3.63, 3.8) is 0 Å². The summed E-state index contributed by atoms with van der Waals surface area (Å²) in [4.78, 5) is 5.18. The molecule has 21 heavy (non-hydrogen) atoms. The summed E-state index contributed by atoms with van der Waals surface area (Å²) in [6.45, 7) is 7.86. The van der Waals surface area contributed by atoms with Crippen molar-refractivity contribution in [2.45, 2.75) is 31.8 Å². The van der Waals surface area contributed by atoms with Crippen LogP contribution in [0, 0.1) is 12.8 Å². The molecule has 0 amide bonds. The summed E-state index contributed by atoms with van der Waals surface area (Å²) >= 11 is 0. The van der Waals surface area contributed by atoms with Crippen molar-refractivity contribution in [1.82, 2.24) is 9.80 Å². The van der Waals surface area contributed by atoms with E-state index in [9.17, 15) is 0 Å². The zero-order valence-electron chi connectivity index (χ0n) is 13.6. The predicted octanol–water partition coefficient (Wildman–Crippen LogP) is 2.54. The van der Waals surface area contributed by atoms with Crippen LogP contribution in [0.5, 0.6) is 0 Å². The highest BCUT2D eigenvalue weighted by molar-refractivity contribution is 5.26. The molecule has 1 spiro atoms. The van der Waals surface area contributed by atoms with Crippen molar-refractivity contribution >= 4 is 0 Å². The lowest BCUT2D eigenvalue weighted by Crippen LogP contribution is -2.71. The molecule has 1 unspecified atom stereocenters. The molecule has 3 heteroatoms. The molecular formula is C18H28N2O. The Hall–Kier alpha value is -0.900. The molecule has 1 aromatic carbocycles. The molecule has 2 saturated heterocycles. The van der Waals surface area contributed by atoms with Crippen LogP contribution in [0.15, 0.2) is 24.3 Å². The van der Waals surface area contributed by atoms with E-state index in [1.54, 1.807) is 0 Å². The summed E-state index contributed by atoms with van der Waals surface area (Å²) in [6.07, 6.45) is 2.57. The Balaban J connectivity index is 1.59. The molecule has 2 fully saturated rings. The molecule has 2 aliphatic heterocycles. The van der Waals surface area contributed by atoms with Gasteiger partial charge in [0, 0.05) is 38.9 Å². The van der Waals surface area contributed by atoms with Gasteiger partial charge in [-0.1, -0.05) is 24.3 Å². The fraction of sp³-hybridized carbons (Fsp3) is 0.667. The number of methoxy groups -OCH3 is 1. The van der Waals surface area contributed by atoms with Gasteiger partial charge in [0.25, 0.3) is 0 Å². The Kier molecular flexibility index (Phi) is 4.34. The Morgan fingerprint density at radius 1 is 1.29 bits per heavy atom.